The van der Waals surface area contributed by atoms with Crippen LogP contribution in [0.2, 0.25) is 10.2 Å². The van der Waals surface area contributed by atoms with Crippen LogP contribution in [0, 0.1) is 0 Å². The smallest absolute Gasteiger partial charge is 0.261 e. The molecule has 0 spiro atoms. The summed E-state index contributed by atoms with van der Waals surface area (Å²) < 4.78 is 1.54. The Kier molecular flexibility index (Phi) is 3.55. The zero-order chi connectivity index (χ0) is 16.8. The number of amides is 2. The van der Waals surface area contributed by atoms with Crippen LogP contribution < -0.4 is 0 Å². The van der Waals surface area contributed by atoms with Crippen molar-refractivity contribution in [1.29, 1.82) is 0 Å². The highest BCUT2D eigenvalue weighted by molar-refractivity contribution is 6.41. The quantitative estimate of drug-likeness (QED) is 0.531. The number of carbonyl (C=O) groups excluding carboxylic acids is 2. The number of halogens is 2. The number of nitrogens with zero attached hydrogens (tertiary/aromatic N) is 3. The van der Waals surface area contributed by atoms with E-state index < -0.39 is 0 Å². The molecule has 120 valence electrons. The van der Waals surface area contributed by atoms with Gasteiger partial charge in [-0.1, -0.05) is 35.3 Å². The lowest BCUT2D eigenvalue weighted by Crippen LogP contribution is -2.31. The number of imide groups is 1. The van der Waals surface area contributed by atoms with Crippen LogP contribution in [-0.2, 0) is 6.42 Å². The van der Waals surface area contributed by atoms with E-state index in [-0.39, 0.29) is 18.4 Å². The van der Waals surface area contributed by atoms with E-state index >= 15 is 0 Å². The van der Waals surface area contributed by atoms with Gasteiger partial charge in [-0.15, -0.1) is 0 Å². The molecule has 0 unspecified atom stereocenters. The molecule has 24 heavy (non-hydrogen) atoms. The molecular weight excluding hydrogens is 349 g/mol. The topological polar surface area (TPSA) is 54.7 Å². The summed E-state index contributed by atoms with van der Waals surface area (Å²) >= 11 is 12.1. The van der Waals surface area contributed by atoms with E-state index in [1.165, 1.54) is 4.90 Å². The fourth-order valence-corrected chi connectivity index (χ4v) is 3.18. The molecule has 2 amide bonds. The SMILES string of the molecule is O=C1c2ccccc2C(=O)N1CCc1cc2ccc(Cl)c(Cl)n2n1. The van der Waals surface area contributed by atoms with Crippen LogP contribution in [0.1, 0.15) is 26.4 Å². The molecule has 1 aliphatic rings. The second-order valence-electron chi connectivity index (χ2n) is 5.50. The number of rotatable bonds is 3. The average molecular weight is 360 g/mol. The predicted molar refractivity (Wildman–Crippen MR) is 90.7 cm³/mol. The summed E-state index contributed by atoms with van der Waals surface area (Å²) in [6.45, 7) is 0.265. The van der Waals surface area contributed by atoms with Crippen LogP contribution in [0.3, 0.4) is 0 Å². The Balaban J connectivity index is 1.57. The van der Waals surface area contributed by atoms with E-state index in [4.69, 9.17) is 23.2 Å². The first-order chi connectivity index (χ1) is 11.6. The summed E-state index contributed by atoms with van der Waals surface area (Å²) in [5.74, 6) is -0.527. The molecule has 3 heterocycles. The van der Waals surface area contributed by atoms with E-state index in [1.807, 2.05) is 12.1 Å². The van der Waals surface area contributed by atoms with Crippen LogP contribution in [-0.4, -0.2) is 32.9 Å². The standard InChI is InChI=1S/C17H11Cl2N3O2/c18-14-6-5-11-9-10(20-22(11)15(14)19)7-8-21-16(23)12-3-1-2-4-13(12)17(21)24/h1-6,9H,7-8H2. The van der Waals surface area contributed by atoms with Crippen molar-refractivity contribution >= 4 is 40.5 Å². The van der Waals surface area contributed by atoms with Gasteiger partial charge in [0.05, 0.1) is 27.4 Å². The van der Waals surface area contributed by atoms with Crippen LogP contribution >= 0.6 is 23.2 Å². The van der Waals surface area contributed by atoms with Gasteiger partial charge in [0.25, 0.3) is 11.8 Å². The van der Waals surface area contributed by atoms with Crippen LogP contribution in [0.15, 0.2) is 42.5 Å². The maximum absolute atomic E-state index is 12.3. The molecule has 7 heteroatoms. The lowest BCUT2D eigenvalue weighted by atomic mass is 10.1. The first-order valence-corrected chi connectivity index (χ1v) is 8.10. The third-order valence-corrected chi connectivity index (χ3v) is 4.81. The van der Waals surface area contributed by atoms with Crippen LogP contribution in [0.25, 0.3) is 5.52 Å². The monoisotopic (exact) mass is 359 g/mol. The average Bonchev–Trinajstić information content (AvgIpc) is 3.11. The first-order valence-electron chi connectivity index (χ1n) is 7.34. The summed E-state index contributed by atoms with van der Waals surface area (Å²) in [4.78, 5) is 25.9. The normalized spacial score (nSPS) is 13.8. The molecule has 0 radical (unpaired) electrons. The van der Waals surface area contributed by atoms with Crippen molar-refractivity contribution < 1.29 is 9.59 Å². The van der Waals surface area contributed by atoms with Gasteiger partial charge in [0, 0.05) is 13.0 Å². The summed E-state index contributed by atoms with van der Waals surface area (Å²) in [5.41, 5.74) is 2.44. The van der Waals surface area contributed by atoms with Gasteiger partial charge < -0.3 is 0 Å². The zero-order valence-electron chi connectivity index (χ0n) is 12.4. The Morgan fingerprint density at radius 1 is 0.958 bits per heavy atom. The van der Waals surface area contributed by atoms with Gasteiger partial charge in [-0.05, 0) is 30.3 Å². The second-order valence-corrected chi connectivity index (χ2v) is 6.27. The summed E-state index contributed by atoms with van der Waals surface area (Å²) in [6, 6.07) is 12.2. The minimum Gasteiger partial charge on any atom is -0.274 e. The van der Waals surface area contributed by atoms with Crippen molar-refractivity contribution in [3.63, 3.8) is 0 Å². The molecule has 0 N–H and O–H groups in total. The molecular formula is C17H11Cl2N3O2. The fourth-order valence-electron chi connectivity index (χ4n) is 2.84. The van der Waals surface area contributed by atoms with Gasteiger partial charge in [-0.2, -0.15) is 5.10 Å². The fraction of sp³-hybridized carbons (Fsp3) is 0.118. The number of fused-ring (bicyclic) bond motifs is 2. The van der Waals surface area contributed by atoms with Crippen molar-refractivity contribution in [3.8, 4) is 0 Å². The maximum Gasteiger partial charge on any atom is 0.261 e. The Morgan fingerprint density at radius 2 is 1.62 bits per heavy atom. The minimum atomic E-state index is -0.263. The third kappa shape index (κ3) is 2.28. The van der Waals surface area contributed by atoms with E-state index in [0.717, 1.165) is 11.2 Å². The Morgan fingerprint density at radius 3 is 2.29 bits per heavy atom. The Labute approximate surface area is 147 Å². The summed E-state index contributed by atoms with van der Waals surface area (Å²) in [6.07, 6.45) is 0.446. The number of aromatic nitrogens is 2. The number of carbonyl (C=O) groups is 2. The molecule has 0 bridgehead atoms. The van der Waals surface area contributed by atoms with Crippen LogP contribution in [0.5, 0.6) is 0 Å². The molecule has 0 fully saturated rings. The van der Waals surface area contributed by atoms with Gasteiger partial charge >= 0.3 is 0 Å². The summed E-state index contributed by atoms with van der Waals surface area (Å²) in [5, 5.41) is 5.13. The molecule has 0 aliphatic carbocycles. The first kappa shape index (κ1) is 15.2. The molecule has 3 aromatic rings. The molecule has 0 atom stereocenters. The predicted octanol–water partition coefficient (Wildman–Crippen LogP) is 3.48. The lowest BCUT2D eigenvalue weighted by Gasteiger charge is -2.12. The van der Waals surface area contributed by atoms with E-state index in [2.05, 4.69) is 5.10 Å². The van der Waals surface area contributed by atoms with Gasteiger partial charge in [0.15, 0.2) is 0 Å². The van der Waals surface area contributed by atoms with Gasteiger partial charge in [0.1, 0.15) is 5.15 Å². The van der Waals surface area contributed by atoms with Gasteiger partial charge in [0.2, 0.25) is 0 Å². The zero-order valence-corrected chi connectivity index (χ0v) is 13.9. The number of pyridine rings is 1. The van der Waals surface area contributed by atoms with Gasteiger partial charge in [-0.25, -0.2) is 4.52 Å². The van der Waals surface area contributed by atoms with Crippen molar-refractivity contribution in [2.45, 2.75) is 6.42 Å². The van der Waals surface area contributed by atoms with E-state index in [9.17, 15) is 9.59 Å². The second kappa shape index (κ2) is 5.61. The highest BCUT2D eigenvalue weighted by Gasteiger charge is 2.34. The van der Waals surface area contributed by atoms with E-state index in [1.54, 1.807) is 34.8 Å². The molecule has 0 saturated carbocycles. The van der Waals surface area contributed by atoms with Crippen molar-refractivity contribution in [3.05, 3.63) is 69.5 Å². The molecule has 0 saturated heterocycles. The molecule has 2 aromatic heterocycles. The largest absolute Gasteiger partial charge is 0.274 e. The maximum atomic E-state index is 12.3. The number of hydrogen-bond donors (Lipinski definition) is 0. The molecule has 1 aromatic carbocycles. The number of benzene rings is 1. The van der Waals surface area contributed by atoms with Crippen molar-refractivity contribution in [2.75, 3.05) is 6.54 Å². The Bertz CT molecular complexity index is 962. The minimum absolute atomic E-state index is 0.263. The molecule has 1 aliphatic heterocycles. The third-order valence-electron chi connectivity index (χ3n) is 4.04. The molecule has 4 rings (SSSR count). The number of hydrogen-bond acceptors (Lipinski definition) is 3. The molecule has 5 nitrogen and oxygen atoms in total. The van der Waals surface area contributed by atoms with Gasteiger partial charge in [-0.3, -0.25) is 14.5 Å². The van der Waals surface area contributed by atoms with Crippen LogP contribution in [0.4, 0.5) is 0 Å². The van der Waals surface area contributed by atoms with E-state index in [0.29, 0.717) is 27.7 Å². The van der Waals surface area contributed by atoms with Crippen molar-refractivity contribution in [1.82, 2.24) is 14.5 Å². The Hall–Kier alpha value is -2.37. The summed E-state index contributed by atoms with van der Waals surface area (Å²) in [7, 11) is 0. The highest BCUT2D eigenvalue weighted by Crippen LogP contribution is 2.25. The lowest BCUT2D eigenvalue weighted by molar-refractivity contribution is 0.0656. The highest BCUT2D eigenvalue weighted by atomic mass is 35.5. The van der Waals surface area contributed by atoms with Crippen molar-refractivity contribution in [2.24, 2.45) is 0 Å².